The van der Waals surface area contributed by atoms with Crippen molar-refractivity contribution in [3.05, 3.63) is 35.9 Å². The van der Waals surface area contributed by atoms with E-state index in [9.17, 15) is 4.79 Å². The van der Waals surface area contributed by atoms with Crippen LogP contribution in [-0.2, 0) is 0 Å². The van der Waals surface area contributed by atoms with Gasteiger partial charge in [0.25, 0.3) is 0 Å². The molecule has 0 aliphatic heterocycles. The average Bonchev–Trinajstić information content (AvgIpc) is 2.34. The summed E-state index contributed by atoms with van der Waals surface area (Å²) in [7, 11) is 0. The fourth-order valence-corrected chi connectivity index (χ4v) is 1.92. The summed E-state index contributed by atoms with van der Waals surface area (Å²) in [6.45, 7) is 9.51. The van der Waals surface area contributed by atoms with Crippen LogP contribution in [0.15, 0.2) is 30.3 Å². The highest BCUT2D eigenvalue weighted by Crippen LogP contribution is 2.05. The molecule has 0 saturated carbocycles. The number of hydrogen-bond donors (Lipinski definition) is 0. The van der Waals surface area contributed by atoms with E-state index in [-0.39, 0.29) is 5.78 Å². The van der Waals surface area contributed by atoms with Crippen LogP contribution in [0.1, 0.15) is 37.6 Å². The third kappa shape index (κ3) is 5.14. The molecule has 0 N–H and O–H groups in total. The van der Waals surface area contributed by atoms with E-state index in [0.717, 1.165) is 25.2 Å². The molecule has 17 heavy (non-hydrogen) atoms. The van der Waals surface area contributed by atoms with E-state index in [1.54, 1.807) is 0 Å². The van der Waals surface area contributed by atoms with Gasteiger partial charge in [0.15, 0.2) is 5.78 Å². The highest BCUT2D eigenvalue weighted by Gasteiger charge is 2.09. The van der Waals surface area contributed by atoms with Gasteiger partial charge >= 0.3 is 0 Å². The lowest BCUT2D eigenvalue weighted by atomic mass is 10.1. The van der Waals surface area contributed by atoms with Gasteiger partial charge in [0, 0.05) is 25.1 Å². The van der Waals surface area contributed by atoms with Crippen LogP contribution in [-0.4, -0.2) is 30.3 Å². The molecule has 0 fully saturated rings. The number of carbonyl (C=O) groups excluding carboxylic acids is 1. The highest BCUT2D eigenvalue weighted by molar-refractivity contribution is 5.96. The Bertz CT molecular complexity index is 332. The van der Waals surface area contributed by atoms with Gasteiger partial charge in [0.2, 0.25) is 0 Å². The minimum absolute atomic E-state index is 0.243. The highest BCUT2D eigenvalue weighted by atomic mass is 16.1. The molecule has 1 rings (SSSR count). The fraction of sp³-hybridized carbons (Fsp3) is 0.533. The molecule has 0 aliphatic rings. The molecule has 0 aromatic heterocycles. The van der Waals surface area contributed by atoms with Crippen LogP contribution in [0.5, 0.6) is 0 Å². The third-order valence-corrected chi connectivity index (χ3v) is 2.82. The van der Waals surface area contributed by atoms with Crippen LogP contribution in [0.4, 0.5) is 0 Å². The van der Waals surface area contributed by atoms with Crippen molar-refractivity contribution in [1.29, 1.82) is 0 Å². The number of ketones is 1. The molecule has 2 heteroatoms. The minimum Gasteiger partial charge on any atom is -0.303 e. The van der Waals surface area contributed by atoms with Crippen molar-refractivity contribution in [2.24, 2.45) is 5.92 Å². The molecular formula is C15H23NO. The van der Waals surface area contributed by atoms with E-state index >= 15 is 0 Å². The summed E-state index contributed by atoms with van der Waals surface area (Å²) in [6, 6.07) is 9.55. The first-order chi connectivity index (χ1) is 8.13. The summed E-state index contributed by atoms with van der Waals surface area (Å²) >= 11 is 0. The van der Waals surface area contributed by atoms with Gasteiger partial charge in [0.05, 0.1) is 0 Å². The Morgan fingerprint density at radius 2 is 1.88 bits per heavy atom. The molecule has 0 aliphatic carbocycles. The molecule has 0 radical (unpaired) electrons. The molecule has 0 saturated heterocycles. The van der Waals surface area contributed by atoms with E-state index in [1.807, 2.05) is 30.3 Å². The Labute approximate surface area is 105 Å². The van der Waals surface area contributed by atoms with Gasteiger partial charge < -0.3 is 4.90 Å². The second kappa shape index (κ2) is 7.23. The van der Waals surface area contributed by atoms with Crippen molar-refractivity contribution in [1.82, 2.24) is 4.90 Å². The minimum atomic E-state index is 0.243. The van der Waals surface area contributed by atoms with E-state index in [1.165, 1.54) is 0 Å². The van der Waals surface area contributed by atoms with Gasteiger partial charge in [-0.05, 0) is 12.5 Å². The number of rotatable bonds is 7. The lowest BCUT2D eigenvalue weighted by molar-refractivity contribution is 0.0962. The summed E-state index contributed by atoms with van der Waals surface area (Å²) in [6.07, 6.45) is 0.616. The second-order valence-electron chi connectivity index (χ2n) is 4.83. The first-order valence-electron chi connectivity index (χ1n) is 6.44. The van der Waals surface area contributed by atoms with E-state index in [4.69, 9.17) is 0 Å². The number of benzene rings is 1. The number of hydrogen-bond acceptors (Lipinski definition) is 2. The average molecular weight is 233 g/mol. The molecule has 0 amide bonds. The molecule has 1 aromatic carbocycles. The van der Waals surface area contributed by atoms with Crippen LogP contribution in [0.3, 0.4) is 0 Å². The van der Waals surface area contributed by atoms with E-state index in [0.29, 0.717) is 12.3 Å². The first kappa shape index (κ1) is 13.9. The number of carbonyl (C=O) groups is 1. The zero-order chi connectivity index (χ0) is 12.7. The van der Waals surface area contributed by atoms with Crippen molar-refractivity contribution in [2.75, 3.05) is 19.6 Å². The maximum atomic E-state index is 11.9. The molecule has 1 aromatic rings. The van der Waals surface area contributed by atoms with E-state index < -0.39 is 0 Å². The molecule has 0 spiro atoms. The predicted molar refractivity (Wildman–Crippen MR) is 72.3 cm³/mol. The zero-order valence-electron chi connectivity index (χ0n) is 11.1. The van der Waals surface area contributed by atoms with Crippen molar-refractivity contribution in [3.8, 4) is 0 Å². The Kier molecular flexibility index (Phi) is 5.92. The van der Waals surface area contributed by atoms with Gasteiger partial charge in [-0.1, -0.05) is 51.1 Å². The molecule has 94 valence electrons. The zero-order valence-corrected chi connectivity index (χ0v) is 11.1. The molecule has 0 atom stereocenters. The Balaban J connectivity index is 2.42. The quantitative estimate of drug-likeness (QED) is 0.674. The lowest BCUT2D eigenvalue weighted by Crippen LogP contribution is -2.29. The number of nitrogens with zero attached hydrogens (tertiary/aromatic N) is 1. The Morgan fingerprint density at radius 3 is 2.41 bits per heavy atom. The largest absolute Gasteiger partial charge is 0.303 e. The summed E-state index contributed by atoms with van der Waals surface area (Å²) in [5.41, 5.74) is 0.827. The topological polar surface area (TPSA) is 20.3 Å². The van der Waals surface area contributed by atoms with Crippen molar-refractivity contribution >= 4 is 5.78 Å². The van der Waals surface area contributed by atoms with Gasteiger partial charge in [-0.2, -0.15) is 0 Å². The fourth-order valence-electron chi connectivity index (χ4n) is 1.92. The number of Topliss-reactive ketones (excluding diaryl/α,β-unsaturated/α-hetero) is 1. The standard InChI is InChI=1S/C15H23NO/c1-4-16(12-13(2)3)11-10-15(17)14-8-6-5-7-9-14/h5-9,13H,4,10-12H2,1-3H3. The summed E-state index contributed by atoms with van der Waals surface area (Å²) in [4.78, 5) is 14.3. The predicted octanol–water partition coefficient (Wildman–Crippen LogP) is 3.24. The maximum Gasteiger partial charge on any atom is 0.164 e. The Hall–Kier alpha value is -1.15. The van der Waals surface area contributed by atoms with Crippen LogP contribution in [0, 0.1) is 5.92 Å². The SMILES string of the molecule is CCN(CCC(=O)c1ccccc1)CC(C)C. The van der Waals surface area contributed by atoms with Crippen LogP contribution >= 0.6 is 0 Å². The van der Waals surface area contributed by atoms with Gasteiger partial charge in [-0.25, -0.2) is 0 Å². The van der Waals surface area contributed by atoms with Gasteiger partial charge in [-0.15, -0.1) is 0 Å². The molecule has 0 unspecified atom stereocenters. The summed E-state index contributed by atoms with van der Waals surface area (Å²) in [5, 5.41) is 0. The van der Waals surface area contributed by atoms with Crippen LogP contribution in [0.25, 0.3) is 0 Å². The molecular weight excluding hydrogens is 210 g/mol. The van der Waals surface area contributed by atoms with Crippen LogP contribution in [0.2, 0.25) is 0 Å². The lowest BCUT2D eigenvalue weighted by Gasteiger charge is -2.21. The Morgan fingerprint density at radius 1 is 1.24 bits per heavy atom. The first-order valence-corrected chi connectivity index (χ1v) is 6.44. The molecule has 0 heterocycles. The third-order valence-electron chi connectivity index (χ3n) is 2.82. The van der Waals surface area contributed by atoms with E-state index in [2.05, 4.69) is 25.7 Å². The van der Waals surface area contributed by atoms with Crippen molar-refractivity contribution in [3.63, 3.8) is 0 Å². The summed E-state index contributed by atoms with van der Waals surface area (Å²) in [5.74, 6) is 0.898. The smallest absolute Gasteiger partial charge is 0.164 e. The monoisotopic (exact) mass is 233 g/mol. The summed E-state index contributed by atoms with van der Waals surface area (Å²) < 4.78 is 0. The molecule has 2 nitrogen and oxygen atoms in total. The second-order valence-corrected chi connectivity index (χ2v) is 4.83. The molecule has 0 bridgehead atoms. The van der Waals surface area contributed by atoms with Gasteiger partial charge in [-0.3, -0.25) is 4.79 Å². The van der Waals surface area contributed by atoms with Crippen molar-refractivity contribution in [2.45, 2.75) is 27.2 Å². The normalized spacial score (nSPS) is 11.1. The maximum absolute atomic E-state index is 11.9. The van der Waals surface area contributed by atoms with Gasteiger partial charge in [0.1, 0.15) is 0 Å². The van der Waals surface area contributed by atoms with Crippen LogP contribution < -0.4 is 0 Å². The van der Waals surface area contributed by atoms with Crippen molar-refractivity contribution < 1.29 is 4.79 Å².